The van der Waals surface area contributed by atoms with Crippen molar-refractivity contribution in [2.45, 2.75) is 79.1 Å². The molecule has 0 radical (unpaired) electrons. The third kappa shape index (κ3) is 10.7. The van der Waals surface area contributed by atoms with Gasteiger partial charge in [-0.1, -0.05) is 130 Å². The van der Waals surface area contributed by atoms with Crippen LogP contribution in [-0.2, 0) is 27.2 Å². The number of hydrogen-bond donors (Lipinski definition) is 1. The zero-order chi connectivity index (χ0) is 37.3. The molecule has 0 aromatic heterocycles. The van der Waals surface area contributed by atoms with E-state index >= 15 is 0 Å². The number of aryl methyl sites for hydroxylation is 3. The first-order chi connectivity index (χ1) is 24.2. The van der Waals surface area contributed by atoms with Gasteiger partial charge in [0.1, 0.15) is 0 Å². The normalized spacial score (nSPS) is 11.6. The predicted octanol–water partition coefficient (Wildman–Crippen LogP) is 10.2. The van der Waals surface area contributed by atoms with E-state index in [0.29, 0.717) is 12.8 Å². The third-order valence-corrected chi connectivity index (χ3v) is 9.02. The Hall–Kier alpha value is -5.14. The monoisotopic (exact) mass is 701 g/mol. The van der Waals surface area contributed by atoms with Gasteiger partial charge in [0.25, 0.3) is 0 Å². The molecule has 0 spiro atoms. The minimum absolute atomic E-state index is 0.0612. The Bertz CT molecular complexity index is 2050. The lowest BCUT2D eigenvalue weighted by Crippen LogP contribution is -2.23. The van der Waals surface area contributed by atoms with Crippen molar-refractivity contribution in [1.82, 2.24) is 0 Å². The van der Waals surface area contributed by atoms with E-state index in [1.165, 1.54) is 27.8 Å². The van der Waals surface area contributed by atoms with Crippen LogP contribution in [0.3, 0.4) is 0 Å². The third-order valence-electron chi connectivity index (χ3n) is 9.02. The largest absolute Gasteiger partial charge is 0.425 e. The summed E-state index contributed by atoms with van der Waals surface area (Å²) < 4.78 is 25.3. The molecule has 1 N–H and O–H groups in total. The molecular weight excluding hydrogens is 655 g/mol. The summed E-state index contributed by atoms with van der Waals surface area (Å²) in [5.74, 6) is -0.321. The number of hydrogen-bond acceptors (Lipinski definition) is 5. The van der Waals surface area contributed by atoms with Gasteiger partial charge in [-0.05, 0) is 101 Å². The number of anilines is 1. The Labute approximate surface area is 304 Å². The number of benzene rings is 5. The molecule has 0 saturated heterocycles. The fraction of sp³-hybridized carbons (Fsp3) is 0.273. The first-order valence-corrected chi connectivity index (χ1v) is 18.2. The minimum atomic E-state index is -3.11. The predicted molar refractivity (Wildman–Crippen MR) is 207 cm³/mol. The second-order valence-corrected chi connectivity index (χ2v) is 14.5. The number of ketones is 1. The van der Waals surface area contributed by atoms with Crippen LogP contribution in [-0.4, -0.2) is 24.3 Å². The second-order valence-electron chi connectivity index (χ2n) is 14.1. The van der Waals surface area contributed by atoms with Gasteiger partial charge in [-0.3, -0.25) is 9.59 Å². The van der Waals surface area contributed by atoms with Crippen molar-refractivity contribution in [3.63, 3.8) is 0 Å². The van der Waals surface area contributed by atoms with Crippen molar-refractivity contribution < 1.29 is 22.2 Å². The molecule has 1 atom stereocenters. The summed E-state index contributed by atoms with van der Waals surface area (Å²) in [4.78, 5) is 26.4. The highest BCUT2D eigenvalue weighted by Gasteiger charge is 2.22. The van der Waals surface area contributed by atoms with Gasteiger partial charge >= 0.3 is 10.6 Å². The molecule has 7 heteroatoms. The highest BCUT2D eigenvalue weighted by atomic mass is 32.2. The van der Waals surface area contributed by atoms with Gasteiger partial charge in [0.15, 0.2) is 5.78 Å². The van der Waals surface area contributed by atoms with Crippen LogP contribution in [0.25, 0.3) is 22.3 Å². The van der Waals surface area contributed by atoms with Crippen molar-refractivity contribution in [2.24, 2.45) is 0 Å². The van der Waals surface area contributed by atoms with E-state index in [0.717, 1.165) is 45.5 Å². The summed E-state index contributed by atoms with van der Waals surface area (Å²) in [6.45, 7) is 15.1. The molecule has 5 aromatic carbocycles. The summed E-state index contributed by atoms with van der Waals surface area (Å²) in [6, 6.07) is 37.4. The van der Waals surface area contributed by atoms with Crippen LogP contribution in [0, 0.1) is 20.8 Å². The van der Waals surface area contributed by atoms with E-state index in [1.54, 1.807) is 0 Å². The lowest BCUT2D eigenvalue weighted by Gasteiger charge is -2.20. The van der Waals surface area contributed by atoms with Crippen LogP contribution in [0.2, 0.25) is 0 Å². The molecule has 0 aliphatic carbocycles. The van der Waals surface area contributed by atoms with Gasteiger partial charge < -0.3 is 5.32 Å². The van der Waals surface area contributed by atoms with E-state index in [-0.39, 0.29) is 17.1 Å². The van der Waals surface area contributed by atoms with Gasteiger partial charge in [0.05, 0.1) is 5.92 Å². The van der Waals surface area contributed by atoms with Crippen molar-refractivity contribution in [1.29, 1.82) is 0 Å². The molecule has 0 unspecified atom stereocenters. The lowest BCUT2D eigenvalue weighted by molar-refractivity contribution is -0.117. The maximum absolute atomic E-state index is 14.0. The Morgan fingerprint density at radius 3 is 1.67 bits per heavy atom. The van der Waals surface area contributed by atoms with E-state index in [9.17, 15) is 9.59 Å². The average Bonchev–Trinajstić information content (AvgIpc) is 3.07. The van der Waals surface area contributed by atoms with Crippen LogP contribution in [0.15, 0.2) is 109 Å². The molecule has 264 valence electrons. The second kappa shape index (κ2) is 17.2. The fourth-order valence-corrected chi connectivity index (χ4v) is 6.45. The van der Waals surface area contributed by atoms with Gasteiger partial charge in [-0.25, -0.2) is 0 Å². The highest BCUT2D eigenvalue weighted by Crippen LogP contribution is 2.32. The standard InChI is InChI=1S/C44H47NO2.O3S/c1-8-9-41(46)36-12-10-32(11-13-36)28-40(35-16-14-33(15-17-35)34-18-22-38(23-19-34)44(5,6)7)43(47)45-39-24-20-37(21-25-39)42-30(3)26-29(2)27-31(42)4;1-4(2)3/h10-27,40H,8-9,28H2,1-7H3,(H,45,47);/t40-;/m1./s1. The van der Waals surface area contributed by atoms with Crippen molar-refractivity contribution in [3.8, 4) is 22.3 Å². The summed E-state index contributed by atoms with van der Waals surface area (Å²) in [5, 5.41) is 3.20. The number of amides is 1. The molecule has 0 aliphatic heterocycles. The van der Waals surface area contributed by atoms with Gasteiger partial charge in [-0.15, -0.1) is 12.6 Å². The summed E-state index contributed by atoms with van der Waals surface area (Å²) in [7, 11) is -3.11. The Kier molecular flexibility index (Phi) is 13.0. The van der Waals surface area contributed by atoms with Crippen LogP contribution >= 0.6 is 0 Å². The zero-order valence-corrected chi connectivity index (χ0v) is 31.4. The molecule has 6 nitrogen and oxygen atoms in total. The van der Waals surface area contributed by atoms with Gasteiger partial charge in [0.2, 0.25) is 5.91 Å². The Morgan fingerprint density at radius 1 is 0.686 bits per heavy atom. The molecule has 0 bridgehead atoms. The smallest absolute Gasteiger partial charge is 0.326 e. The lowest BCUT2D eigenvalue weighted by atomic mass is 9.86. The average molecular weight is 702 g/mol. The molecule has 0 heterocycles. The first kappa shape index (κ1) is 38.7. The molecule has 5 aromatic rings. The summed E-state index contributed by atoms with van der Waals surface area (Å²) in [6.07, 6.45) is 1.88. The van der Waals surface area contributed by atoms with E-state index < -0.39 is 16.5 Å². The molecule has 51 heavy (non-hydrogen) atoms. The van der Waals surface area contributed by atoms with Crippen molar-refractivity contribution >= 4 is 28.0 Å². The number of carbonyl (C=O) groups is 2. The number of Topliss-reactive ketones (excluding diaryl/α,β-unsaturated/α-hetero) is 1. The molecule has 1 amide bonds. The minimum Gasteiger partial charge on any atom is -0.326 e. The molecule has 0 aliphatic rings. The van der Waals surface area contributed by atoms with Crippen molar-refractivity contribution in [3.05, 3.63) is 148 Å². The van der Waals surface area contributed by atoms with Gasteiger partial charge in [0, 0.05) is 17.7 Å². The summed E-state index contributed by atoms with van der Waals surface area (Å²) in [5.41, 5.74) is 13.2. The SMILES string of the molecule is CCCC(=O)c1ccc(C[C@@H](C(=O)Nc2ccc(-c3c(C)cc(C)cc3C)cc2)c2ccc(-c3ccc(C(C)(C)C)cc3)cc2)cc1.O=S(=O)=O. The fourth-order valence-electron chi connectivity index (χ4n) is 6.45. The molecule has 5 rings (SSSR count). The van der Waals surface area contributed by atoms with Crippen molar-refractivity contribution in [2.75, 3.05) is 5.32 Å². The van der Waals surface area contributed by atoms with Crippen LogP contribution in [0.4, 0.5) is 5.69 Å². The molecule has 0 saturated carbocycles. The van der Waals surface area contributed by atoms with E-state index in [4.69, 9.17) is 12.6 Å². The van der Waals surface area contributed by atoms with Crippen LogP contribution in [0.1, 0.15) is 90.2 Å². The van der Waals surface area contributed by atoms with Crippen LogP contribution < -0.4 is 5.32 Å². The number of rotatable bonds is 10. The van der Waals surface area contributed by atoms with E-state index in [2.05, 4.69) is 120 Å². The van der Waals surface area contributed by atoms with Crippen LogP contribution in [0.5, 0.6) is 0 Å². The molecular formula is C44H47NO5S. The maximum Gasteiger partial charge on any atom is 0.425 e. The number of nitrogens with one attached hydrogen (secondary N) is 1. The Balaban J connectivity index is 0.00000138. The van der Waals surface area contributed by atoms with Gasteiger partial charge in [-0.2, -0.15) is 0 Å². The Morgan fingerprint density at radius 2 is 1.18 bits per heavy atom. The maximum atomic E-state index is 14.0. The molecule has 0 fully saturated rings. The first-order valence-electron chi connectivity index (χ1n) is 17.2. The highest BCUT2D eigenvalue weighted by molar-refractivity contribution is 7.59. The number of carbonyl (C=O) groups excluding carboxylic acids is 2. The quantitative estimate of drug-likeness (QED) is 0.146. The zero-order valence-electron chi connectivity index (χ0n) is 30.5. The van der Waals surface area contributed by atoms with E-state index in [1.807, 2.05) is 43.3 Å². The topological polar surface area (TPSA) is 97.4 Å². The summed E-state index contributed by atoms with van der Waals surface area (Å²) >= 11 is 0.